The first kappa shape index (κ1) is 18.0. The zero-order valence-corrected chi connectivity index (χ0v) is 15.1. The molecule has 0 aliphatic heterocycles. The molecule has 1 aliphatic rings. The number of rotatable bonds is 2. The molecule has 2 aromatic carbocycles. The average Bonchev–Trinajstić information content (AvgIpc) is 2.57. The molecule has 0 radical (unpaired) electrons. The zero-order valence-electron chi connectivity index (χ0n) is 15.1. The van der Waals surface area contributed by atoms with Gasteiger partial charge in [-0.1, -0.05) is 49.4 Å². The van der Waals surface area contributed by atoms with Gasteiger partial charge >= 0.3 is 6.18 Å². The van der Waals surface area contributed by atoms with Gasteiger partial charge < -0.3 is 0 Å². The Hall–Kier alpha value is -1.77. The molecule has 1 aliphatic carbocycles. The lowest BCUT2D eigenvalue weighted by atomic mass is 9.69. The summed E-state index contributed by atoms with van der Waals surface area (Å²) in [5.74, 6) is 0.240. The van der Waals surface area contributed by atoms with Crippen LogP contribution in [0.2, 0.25) is 0 Å². The van der Waals surface area contributed by atoms with Crippen LogP contribution < -0.4 is 0 Å². The predicted octanol–water partition coefficient (Wildman–Crippen LogP) is 7.20. The van der Waals surface area contributed by atoms with E-state index in [1.54, 1.807) is 0 Å². The van der Waals surface area contributed by atoms with Crippen LogP contribution in [0.1, 0.15) is 55.2 Å². The van der Waals surface area contributed by atoms with Gasteiger partial charge in [-0.25, -0.2) is 0 Å². The summed E-state index contributed by atoms with van der Waals surface area (Å²) in [6.07, 6.45) is -2.43. The Labute approximate surface area is 148 Å². The molecule has 1 fully saturated rings. The zero-order chi connectivity index (χ0) is 18.2. The molecule has 0 saturated heterocycles. The Morgan fingerprint density at radius 2 is 1.40 bits per heavy atom. The maximum atomic E-state index is 13.2. The minimum absolute atomic E-state index is 0.222. The van der Waals surface area contributed by atoms with Crippen LogP contribution in [-0.4, -0.2) is 6.18 Å². The molecule has 0 N–H and O–H groups in total. The maximum absolute atomic E-state index is 13.2. The third-order valence-corrected chi connectivity index (χ3v) is 6.00. The Morgan fingerprint density at radius 3 is 1.92 bits per heavy atom. The van der Waals surface area contributed by atoms with Gasteiger partial charge in [0.1, 0.15) is 0 Å². The summed E-state index contributed by atoms with van der Waals surface area (Å²) < 4.78 is 39.5. The highest BCUT2D eigenvalue weighted by Gasteiger charge is 2.52. The normalized spacial score (nSPS) is 24.3. The second kappa shape index (κ2) is 6.51. The summed E-state index contributed by atoms with van der Waals surface area (Å²) in [7, 11) is 0. The van der Waals surface area contributed by atoms with Crippen LogP contribution in [0.3, 0.4) is 0 Å². The lowest BCUT2D eigenvalue weighted by Crippen LogP contribution is -2.38. The minimum Gasteiger partial charge on any atom is -0.171 e. The fraction of sp³-hybridized carbons (Fsp3) is 0.455. The van der Waals surface area contributed by atoms with Gasteiger partial charge in [-0.15, -0.1) is 0 Å². The van der Waals surface area contributed by atoms with Crippen molar-refractivity contribution < 1.29 is 13.2 Å². The molecule has 0 unspecified atom stereocenters. The van der Waals surface area contributed by atoms with E-state index >= 15 is 0 Å². The first-order valence-electron chi connectivity index (χ1n) is 8.94. The molecule has 0 bridgehead atoms. The van der Waals surface area contributed by atoms with Crippen molar-refractivity contribution in [3.05, 3.63) is 59.2 Å². The largest absolute Gasteiger partial charge is 0.394 e. The summed E-state index contributed by atoms with van der Waals surface area (Å²) in [6.45, 7) is 5.57. The number of halogens is 3. The fourth-order valence-corrected chi connectivity index (χ4v) is 3.74. The van der Waals surface area contributed by atoms with E-state index in [4.69, 9.17) is 0 Å². The van der Waals surface area contributed by atoms with Crippen molar-refractivity contribution in [1.29, 1.82) is 0 Å². The number of hydrogen-bond acceptors (Lipinski definition) is 0. The summed E-state index contributed by atoms with van der Waals surface area (Å²) in [4.78, 5) is 0. The van der Waals surface area contributed by atoms with E-state index in [0.717, 1.165) is 11.1 Å². The molecular formula is C22H25F3. The third kappa shape index (κ3) is 3.61. The van der Waals surface area contributed by atoms with E-state index in [0.29, 0.717) is 12.8 Å². The molecule has 0 aromatic heterocycles. The van der Waals surface area contributed by atoms with Crippen LogP contribution >= 0.6 is 0 Å². The van der Waals surface area contributed by atoms with Gasteiger partial charge in [0.15, 0.2) is 0 Å². The third-order valence-electron chi connectivity index (χ3n) is 6.00. The molecule has 25 heavy (non-hydrogen) atoms. The van der Waals surface area contributed by atoms with Crippen LogP contribution in [0.5, 0.6) is 0 Å². The van der Waals surface area contributed by atoms with E-state index in [1.807, 2.05) is 0 Å². The highest BCUT2D eigenvalue weighted by atomic mass is 19.4. The van der Waals surface area contributed by atoms with Crippen molar-refractivity contribution in [1.82, 2.24) is 0 Å². The van der Waals surface area contributed by atoms with Gasteiger partial charge in [0, 0.05) is 0 Å². The number of aryl methyl sites for hydroxylation is 2. The Balaban J connectivity index is 1.72. The predicted molar refractivity (Wildman–Crippen MR) is 96.7 cm³/mol. The van der Waals surface area contributed by atoms with Crippen LogP contribution in [0.4, 0.5) is 13.2 Å². The van der Waals surface area contributed by atoms with Crippen molar-refractivity contribution in [2.75, 3.05) is 0 Å². The first-order chi connectivity index (χ1) is 11.7. The van der Waals surface area contributed by atoms with Crippen molar-refractivity contribution >= 4 is 0 Å². The van der Waals surface area contributed by atoms with E-state index in [1.165, 1.54) is 23.6 Å². The van der Waals surface area contributed by atoms with Gasteiger partial charge in [-0.3, -0.25) is 0 Å². The van der Waals surface area contributed by atoms with Crippen molar-refractivity contribution in [2.24, 2.45) is 5.41 Å². The number of hydrogen-bond donors (Lipinski definition) is 0. The second-order valence-electron chi connectivity index (χ2n) is 7.75. The quantitative estimate of drug-likeness (QED) is 0.539. The van der Waals surface area contributed by atoms with Gasteiger partial charge in [-0.2, -0.15) is 13.2 Å². The van der Waals surface area contributed by atoms with Crippen molar-refractivity contribution in [2.45, 2.75) is 58.5 Å². The van der Waals surface area contributed by atoms with Gasteiger partial charge in [0.25, 0.3) is 0 Å². The minimum atomic E-state index is -4.09. The number of benzene rings is 2. The Kier molecular flexibility index (Phi) is 4.70. The van der Waals surface area contributed by atoms with Crippen molar-refractivity contribution in [3.63, 3.8) is 0 Å². The SMILES string of the molecule is Cc1ccc(-c2ccc(C3CCC(C)(C(F)(F)F)CC3)cc2)cc1C. The van der Waals surface area contributed by atoms with Gasteiger partial charge in [-0.05, 0) is 73.3 Å². The number of alkyl halides is 3. The average molecular weight is 346 g/mol. The highest BCUT2D eigenvalue weighted by Crippen LogP contribution is 2.51. The molecular weight excluding hydrogens is 321 g/mol. The van der Waals surface area contributed by atoms with E-state index < -0.39 is 11.6 Å². The summed E-state index contributed by atoms with van der Waals surface area (Å²) in [5.41, 5.74) is 4.53. The molecule has 0 spiro atoms. The van der Waals surface area contributed by atoms with Gasteiger partial charge in [0.05, 0.1) is 5.41 Å². The van der Waals surface area contributed by atoms with E-state index in [9.17, 15) is 13.2 Å². The summed E-state index contributed by atoms with van der Waals surface area (Å²) >= 11 is 0. The van der Waals surface area contributed by atoms with Crippen LogP contribution in [0.15, 0.2) is 42.5 Å². The van der Waals surface area contributed by atoms with Crippen LogP contribution in [0.25, 0.3) is 11.1 Å². The standard InChI is InChI=1S/C22H25F3/c1-15-4-5-20(14-16(15)2)18-8-6-17(7-9-18)19-10-12-21(3,13-11-19)22(23,24)25/h4-9,14,19H,10-13H2,1-3H3. The lowest BCUT2D eigenvalue weighted by molar-refractivity contribution is -0.228. The molecule has 3 heteroatoms. The summed E-state index contributed by atoms with van der Waals surface area (Å²) in [6, 6.07) is 14.8. The monoisotopic (exact) mass is 346 g/mol. The van der Waals surface area contributed by atoms with E-state index in [2.05, 4.69) is 56.3 Å². The first-order valence-corrected chi connectivity index (χ1v) is 8.94. The molecule has 0 nitrogen and oxygen atoms in total. The molecule has 1 saturated carbocycles. The Morgan fingerprint density at radius 1 is 0.840 bits per heavy atom. The van der Waals surface area contributed by atoms with E-state index in [-0.39, 0.29) is 18.8 Å². The molecule has 0 amide bonds. The summed E-state index contributed by atoms with van der Waals surface area (Å²) in [5, 5.41) is 0. The smallest absolute Gasteiger partial charge is 0.171 e. The Bertz CT molecular complexity index is 733. The highest BCUT2D eigenvalue weighted by molar-refractivity contribution is 5.65. The molecule has 0 heterocycles. The lowest BCUT2D eigenvalue weighted by Gasteiger charge is -2.38. The molecule has 0 atom stereocenters. The topological polar surface area (TPSA) is 0 Å². The maximum Gasteiger partial charge on any atom is 0.394 e. The molecule has 2 aromatic rings. The van der Waals surface area contributed by atoms with Gasteiger partial charge in [0.2, 0.25) is 0 Å². The fourth-order valence-electron chi connectivity index (χ4n) is 3.74. The van der Waals surface area contributed by atoms with Crippen LogP contribution in [-0.2, 0) is 0 Å². The molecule has 134 valence electrons. The van der Waals surface area contributed by atoms with Crippen LogP contribution in [0, 0.1) is 19.3 Å². The molecule has 3 rings (SSSR count). The second-order valence-corrected chi connectivity index (χ2v) is 7.75. The van der Waals surface area contributed by atoms with Crippen molar-refractivity contribution in [3.8, 4) is 11.1 Å².